The van der Waals surface area contributed by atoms with E-state index < -0.39 is 0 Å². The van der Waals surface area contributed by atoms with Crippen LogP contribution < -0.4 is 5.32 Å². The van der Waals surface area contributed by atoms with Crippen molar-refractivity contribution in [3.8, 4) is 0 Å². The van der Waals surface area contributed by atoms with E-state index in [2.05, 4.69) is 15.4 Å². The van der Waals surface area contributed by atoms with E-state index in [0.717, 1.165) is 30.6 Å². The summed E-state index contributed by atoms with van der Waals surface area (Å²) in [7, 11) is 0. The predicted octanol–water partition coefficient (Wildman–Crippen LogP) is 1.94. The molecule has 0 unspecified atom stereocenters. The van der Waals surface area contributed by atoms with Gasteiger partial charge in [0.1, 0.15) is 5.82 Å². The Morgan fingerprint density at radius 3 is 3.04 bits per heavy atom. The number of hydrogen-bond acceptors (Lipinski definition) is 6. The van der Waals surface area contributed by atoms with E-state index in [9.17, 15) is 4.79 Å². The molecule has 0 bridgehead atoms. The first-order valence-electron chi connectivity index (χ1n) is 8.28. The molecule has 1 aliphatic rings. The van der Waals surface area contributed by atoms with Crippen LogP contribution in [0.4, 0.5) is 5.82 Å². The lowest BCUT2D eigenvalue weighted by atomic mass is 9.93. The molecule has 0 radical (unpaired) electrons. The summed E-state index contributed by atoms with van der Waals surface area (Å²) in [5, 5.41) is 16.9. The minimum Gasteiger partial charge on any atom is -0.462 e. The minimum absolute atomic E-state index is 0.0864. The van der Waals surface area contributed by atoms with Crippen molar-refractivity contribution < 1.29 is 14.6 Å². The highest BCUT2D eigenvalue weighted by Crippen LogP contribution is 2.32. The molecule has 0 amide bonds. The highest BCUT2D eigenvalue weighted by atomic mass is 16.5. The van der Waals surface area contributed by atoms with Crippen molar-refractivity contribution >= 4 is 11.8 Å². The molecule has 2 aromatic heterocycles. The number of aliphatic hydroxyl groups is 1. The molecule has 0 aromatic carbocycles. The predicted molar refractivity (Wildman–Crippen MR) is 88.8 cm³/mol. The van der Waals surface area contributed by atoms with E-state index in [1.165, 1.54) is 11.9 Å². The molecule has 0 spiro atoms. The minimum atomic E-state index is -0.359. The van der Waals surface area contributed by atoms with Crippen molar-refractivity contribution in [1.29, 1.82) is 0 Å². The zero-order chi connectivity index (χ0) is 16.9. The highest BCUT2D eigenvalue weighted by molar-refractivity contribution is 5.89. The SMILES string of the molecule is CCOC(=O)c1ccc(N[C@H]2CCCc3c2cnn3CCO)nc1. The first-order chi connectivity index (χ1) is 11.7. The van der Waals surface area contributed by atoms with Crippen molar-refractivity contribution in [2.45, 2.75) is 38.8 Å². The van der Waals surface area contributed by atoms with Crippen LogP contribution in [0, 0.1) is 0 Å². The van der Waals surface area contributed by atoms with Gasteiger partial charge in [-0.1, -0.05) is 0 Å². The lowest BCUT2D eigenvalue weighted by Gasteiger charge is -2.24. The zero-order valence-corrected chi connectivity index (χ0v) is 13.7. The fourth-order valence-electron chi connectivity index (χ4n) is 3.05. The van der Waals surface area contributed by atoms with Gasteiger partial charge in [0.25, 0.3) is 0 Å². The Balaban J connectivity index is 1.72. The molecule has 3 rings (SSSR count). The maximum atomic E-state index is 11.7. The number of hydrogen-bond donors (Lipinski definition) is 2. The third kappa shape index (κ3) is 3.41. The Kier molecular flexibility index (Phi) is 5.10. The molecule has 0 saturated heterocycles. The van der Waals surface area contributed by atoms with E-state index in [0.29, 0.717) is 18.7 Å². The van der Waals surface area contributed by atoms with Gasteiger partial charge in [-0.05, 0) is 38.3 Å². The smallest absolute Gasteiger partial charge is 0.339 e. The van der Waals surface area contributed by atoms with Crippen LogP contribution in [0.1, 0.15) is 47.4 Å². The molecule has 2 heterocycles. The molecule has 128 valence electrons. The second kappa shape index (κ2) is 7.44. The van der Waals surface area contributed by atoms with Gasteiger partial charge in [0.15, 0.2) is 0 Å². The standard InChI is InChI=1S/C17H22N4O3/c1-2-24-17(23)12-6-7-16(18-10-12)20-14-4-3-5-15-13(14)11-19-21(15)8-9-22/h6-7,10-11,14,22H,2-5,8-9H2,1H3,(H,18,20)/t14-/m0/s1. The summed E-state index contributed by atoms with van der Waals surface area (Å²) in [5.41, 5.74) is 2.78. The first-order valence-corrected chi connectivity index (χ1v) is 8.28. The molecule has 0 saturated carbocycles. The monoisotopic (exact) mass is 330 g/mol. The van der Waals surface area contributed by atoms with Gasteiger partial charge in [-0.25, -0.2) is 9.78 Å². The van der Waals surface area contributed by atoms with Gasteiger partial charge >= 0.3 is 5.97 Å². The van der Waals surface area contributed by atoms with Crippen LogP contribution in [0.15, 0.2) is 24.5 Å². The number of nitrogens with one attached hydrogen (secondary N) is 1. The van der Waals surface area contributed by atoms with Gasteiger partial charge in [0, 0.05) is 17.5 Å². The van der Waals surface area contributed by atoms with Gasteiger partial charge in [-0.15, -0.1) is 0 Å². The lowest BCUT2D eigenvalue weighted by molar-refractivity contribution is 0.0526. The van der Waals surface area contributed by atoms with Crippen LogP contribution in [0.5, 0.6) is 0 Å². The maximum absolute atomic E-state index is 11.7. The van der Waals surface area contributed by atoms with Gasteiger partial charge in [0.05, 0.1) is 37.6 Å². The Morgan fingerprint density at radius 2 is 2.33 bits per heavy atom. The molecule has 2 aromatic rings. The van der Waals surface area contributed by atoms with Crippen molar-refractivity contribution in [2.75, 3.05) is 18.5 Å². The van der Waals surface area contributed by atoms with E-state index in [1.807, 2.05) is 10.9 Å². The second-order valence-electron chi connectivity index (χ2n) is 5.74. The lowest BCUT2D eigenvalue weighted by Crippen LogP contribution is -2.19. The number of carbonyl (C=O) groups is 1. The molecular formula is C17H22N4O3. The number of ether oxygens (including phenoxy) is 1. The van der Waals surface area contributed by atoms with Crippen molar-refractivity contribution in [3.63, 3.8) is 0 Å². The van der Waals surface area contributed by atoms with Crippen molar-refractivity contribution in [1.82, 2.24) is 14.8 Å². The summed E-state index contributed by atoms with van der Waals surface area (Å²) in [6.45, 7) is 2.73. The zero-order valence-electron chi connectivity index (χ0n) is 13.7. The number of nitrogens with zero attached hydrogens (tertiary/aromatic N) is 3. The molecule has 2 N–H and O–H groups in total. The third-order valence-corrected chi connectivity index (χ3v) is 4.17. The Hall–Kier alpha value is -2.41. The molecule has 0 aliphatic heterocycles. The summed E-state index contributed by atoms with van der Waals surface area (Å²) in [6.07, 6.45) is 6.43. The topological polar surface area (TPSA) is 89.3 Å². The Labute approximate surface area is 140 Å². The number of carbonyl (C=O) groups excluding carboxylic acids is 1. The summed E-state index contributed by atoms with van der Waals surface area (Å²) in [4.78, 5) is 16.0. The van der Waals surface area contributed by atoms with E-state index >= 15 is 0 Å². The largest absolute Gasteiger partial charge is 0.462 e. The summed E-state index contributed by atoms with van der Waals surface area (Å²) < 4.78 is 6.83. The average Bonchev–Trinajstić information content (AvgIpc) is 3.00. The van der Waals surface area contributed by atoms with Crippen LogP contribution in [-0.4, -0.2) is 39.1 Å². The van der Waals surface area contributed by atoms with E-state index in [-0.39, 0.29) is 18.6 Å². The number of anilines is 1. The number of fused-ring (bicyclic) bond motifs is 1. The van der Waals surface area contributed by atoms with Crippen LogP contribution in [0.25, 0.3) is 0 Å². The average molecular weight is 330 g/mol. The maximum Gasteiger partial charge on any atom is 0.339 e. The Morgan fingerprint density at radius 1 is 1.46 bits per heavy atom. The van der Waals surface area contributed by atoms with Crippen LogP contribution in [0.3, 0.4) is 0 Å². The van der Waals surface area contributed by atoms with Crippen molar-refractivity contribution in [3.05, 3.63) is 41.3 Å². The van der Waals surface area contributed by atoms with Crippen molar-refractivity contribution in [2.24, 2.45) is 0 Å². The number of rotatable bonds is 6. The van der Waals surface area contributed by atoms with Crippen LogP contribution in [-0.2, 0) is 17.7 Å². The molecule has 7 nitrogen and oxygen atoms in total. The van der Waals surface area contributed by atoms with E-state index in [4.69, 9.17) is 9.84 Å². The fourth-order valence-corrected chi connectivity index (χ4v) is 3.05. The highest BCUT2D eigenvalue weighted by Gasteiger charge is 2.24. The van der Waals surface area contributed by atoms with Crippen LogP contribution in [0.2, 0.25) is 0 Å². The van der Waals surface area contributed by atoms with Crippen LogP contribution >= 0.6 is 0 Å². The molecule has 1 aliphatic carbocycles. The number of pyridine rings is 1. The Bertz CT molecular complexity index is 696. The second-order valence-corrected chi connectivity index (χ2v) is 5.74. The number of aliphatic hydroxyl groups excluding tert-OH is 1. The number of aromatic nitrogens is 3. The quantitative estimate of drug-likeness (QED) is 0.787. The van der Waals surface area contributed by atoms with E-state index in [1.54, 1.807) is 19.1 Å². The van der Waals surface area contributed by atoms with Gasteiger partial charge in [-0.3, -0.25) is 4.68 Å². The summed E-state index contributed by atoms with van der Waals surface area (Å²) in [6, 6.07) is 3.65. The normalized spacial score (nSPS) is 16.5. The first kappa shape index (κ1) is 16.4. The number of esters is 1. The summed E-state index contributed by atoms with van der Waals surface area (Å²) >= 11 is 0. The molecule has 7 heteroatoms. The molecule has 0 fully saturated rings. The molecule has 24 heavy (non-hydrogen) atoms. The van der Waals surface area contributed by atoms with Gasteiger partial charge in [-0.2, -0.15) is 5.10 Å². The molecular weight excluding hydrogens is 308 g/mol. The summed E-state index contributed by atoms with van der Waals surface area (Å²) in [5.74, 6) is 0.359. The fraction of sp³-hybridized carbons (Fsp3) is 0.471. The van der Waals surface area contributed by atoms with Gasteiger partial charge < -0.3 is 15.2 Å². The van der Waals surface area contributed by atoms with Gasteiger partial charge in [0.2, 0.25) is 0 Å². The molecule has 1 atom stereocenters. The third-order valence-electron chi connectivity index (χ3n) is 4.17.